The first-order chi connectivity index (χ1) is 16.9. The first kappa shape index (κ1) is 24.4. The lowest BCUT2D eigenvalue weighted by Crippen LogP contribution is -2.27. The van der Waals surface area contributed by atoms with E-state index >= 15 is 0 Å². The molecule has 35 heavy (non-hydrogen) atoms. The number of carbonyl (C=O) groups excluding carboxylic acids is 1. The highest BCUT2D eigenvalue weighted by molar-refractivity contribution is 8.27. The number of anilines is 1. The maximum absolute atomic E-state index is 13.6. The molecule has 0 unspecified atom stereocenters. The minimum atomic E-state index is -0.458. The molecule has 1 heterocycles. The quantitative estimate of drug-likeness (QED) is 0.156. The van der Waals surface area contributed by atoms with Crippen LogP contribution in [-0.4, -0.2) is 21.8 Å². The molecular formula is C25H19FN2O5S2. The van der Waals surface area contributed by atoms with Crippen LogP contribution in [0.5, 0.6) is 11.5 Å². The summed E-state index contributed by atoms with van der Waals surface area (Å²) in [6.07, 6.45) is 1.69. The van der Waals surface area contributed by atoms with Gasteiger partial charge in [0.2, 0.25) is 0 Å². The second kappa shape index (κ2) is 10.7. The molecule has 7 nitrogen and oxygen atoms in total. The van der Waals surface area contributed by atoms with E-state index in [4.69, 9.17) is 21.7 Å². The van der Waals surface area contributed by atoms with E-state index in [1.54, 1.807) is 42.5 Å². The van der Waals surface area contributed by atoms with Gasteiger partial charge in [-0.2, -0.15) is 0 Å². The Balaban J connectivity index is 1.54. The van der Waals surface area contributed by atoms with Gasteiger partial charge in [-0.3, -0.25) is 19.8 Å². The molecular weight excluding hydrogens is 491 g/mol. The lowest BCUT2D eigenvalue weighted by molar-refractivity contribution is -0.384. The van der Waals surface area contributed by atoms with Crippen molar-refractivity contribution in [1.82, 2.24) is 0 Å². The first-order valence-electron chi connectivity index (χ1n) is 10.5. The van der Waals surface area contributed by atoms with Gasteiger partial charge >= 0.3 is 0 Å². The molecule has 0 aromatic heterocycles. The number of halogens is 1. The van der Waals surface area contributed by atoms with Crippen molar-refractivity contribution < 1.29 is 23.6 Å². The fraction of sp³-hybridized carbons (Fsp3) is 0.120. The average molecular weight is 511 g/mol. The number of non-ortho nitro benzene ring substituents is 1. The normalized spacial score (nSPS) is 14.5. The number of nitro groups is 1. The second-order valence-electron chi connectivity index (χ2n) is 7.35. The second-order valence-corrected chi connectivity index (χ2v) is 9.03. The highest BCUT2D eigenvalue weighted by Crippen LogP contribution is 2.37. The van der Waals surface area contributed by atoms with Gasteiger partial charge in [0.25, 0.3) is 11.6 Å². The van der Waals surface area contributed by atoms with Crippen molar-refractivity contribution >= 4 is 51.7 Å². The Bertz CT molecular complexity index is 1340. The van der Waals surface area contributed by atoms with Crippen molar-refractivity contribution in [3.05, 3.63) is 98.7 Å². The van der Waals surface area contributed by atoms with Gasteiger partial charge in [-0.1, -0.05) is 48.2 Å². The molecule has 0 saturated carbocycles. The molecule has 4 rings (SSSR count). The number of nitro benzene ring substituents is 1. The molecule has 0 N–H and O–H groups in total. The highest BCUT2D eigenvalue weighted by atomic mass is 32.2. The predicted molar refractivity (Wildman–Crippen MR) is 137 cm³/mol. The Kier molecular flexibility index (Phi) is 7.42. The summed E-state index contributed by atoms with van der Waals surface area (Å²) in [5.74, 6) is 0.132. The summed E-state index contributed by atoms with van der Waals surface area (Å²) < 4.78 is 25.5. The summed E-state index contributed by atoms with van der Waals surface area (Å²) >= 11 is 6.48. The van der Waals surface area contributed by atoms with Gasteiger partial charge in [-0.25, -0.2) is 4.39 Å². The first-order valence-corrected chi connectivity index (χ1v) is 11.7. The maximum Gasteiger partial charge on any atom is 0.270 e. The number of thiocarbonyl (C=S) groups is 1. The topological polar surface area (TPSA) is 81.9 Å². The van der Waals surface area contributed by atoms with Gasteiger partial charge in [0, 0.05) is 12.1 Å². The molecule has 3 aromatic rings. The zero-order valence-corrected chi connectivity index (χ0v) is 20.1. The number of hydrogen-bond donors (Lipinski definition) is 0. The Morgan fingerprint density at radius 3 is 2.63 bits per heavy atom. The third-order valence-electron chi connectivity index (χ3n) is 4.94. The lowest BCUT2D eigenvalue weighted by atomic mass is 10.1. The molecule has 3 aromatic carbocycles. The molecule has 1 aliphatic rings. The molecule has 1 aliphatic heterocycles. The fourth-order valence-corrected chi connectivity index (χ4v) is 4.68. The molecule has 10 heteroatoms. The Morgan fingerprint density at radius 2 is 1.89 bits per heavy atom. The van der Waals surface area contributed by atoms with E-state index in [0.29, 0.717) is 44.1 Å². The van der Waals surface area contributed by atoms with Crippen LogP contribution in [0.25, 0.3) is 6.08 Å². The van der Waals surface area contributed by atoms with E-state index in [2.05, 4.69) is 0 Å². The molecule has 1 fully saturated rings. The molecule has 0 radical (unpaired) electrons. The number of hydrogen-bond acceptors (Lipinski definition) is 7. The minimum absolute atomic E-state index is 0.0120. The average Bonchev–Trinajstić information content (AvgIpc) is 3.11. The molecule has 0 atom stereocenters. The number of thioether (sulfide) groups is 1. The number of carbonyl (C=O) groups is 1. The van der Waals surface area contributed by atoms with E-state index < -0.39 is 10.7 Å². The number of nitrogens with zero attached hydrogens (tertiary/aromatic N) is 2. The van der Waals surface area contributed by atoms with Crippen LogP contribution in [0.4, 0.5) is 15.8 Å². The lowest BCUT2D eigenvalue weighted by Gasteiger charge is -2.14. The molecule has 1 amide bonds. The summed E-state index contributed by atoms with van der Waals surface area (Å²) in [4.78, 5) is 25.2. The van der Waals surface area contributed by atoms with Crippen LogP contribution >= 0.6 is 24.0 Å². The van der Waals surface area contributed by atoms with Gasteiger partial charge in [0.1, 0.15) is 12.4 Å². The van der Waals surface area contributed by atoms with Crippen LogP contribution in [0.2, 0.25) is 0 Å². The van der Waals surface area contributed by atoms with Gasteiger partial charge in [0.15, 0.2) is 15.8 Å². The number of rotatable bonds is 8. The number of ether oxygens (including phenoxy) is 2. The van der Waals surface area contributed by atoms with Gasteiger partial charge in [0.05, 0.1) is 22.1 Å². The third-order valence-corrected chi connectivity index (χ3v) is 6.24. The monoisotopic (exact) mass is 510 g/mol. The van der Waals surface area contributed by atoms with Crippen LogP contribution in [-0.2, 0) is 11.4 Å². The summed E-state index contributed by atoms with van der Waals surface area (Å²) in [5.41, 5.74) is 1.69. The Hall–Kier alpha value is -3.76. The van der Waals surface area contributed by atoms with Crippen LogP contribution in [0.15, 0.2) is 71.6 Å². The minimum Gasteiger partial charge on any atom is -0.490 e. The van der Waals surface area contributed by atoms with Gasteiger partial charge < -0.3 is 9.47 Å². The van der Waals surface area contributed by atoms with Crippen LogP contribution in [0, 0.1) is 15.9 Å². The molecule has 0 aliphatic carbocycles. The molecule has 1 saturated heterocycles. The van der Waals surface area contributed by atoms with Crippen LogP contribution in [0.3, 0.4) is 0 Å². The number of benzene rings is 3. The van der Waals surface area contributed by atoms with Gasteiger partial charge in [-0.05, 0) is 54.5 Å². The van der Waals surface area contributed by atoms with Crippen LogP contribution < -0.4 is 14.4 Å². The maximum atomic E-state index is 13.6. The largest absolute Gasteiger partial charge is 0.490 e. The summed E-state index contributed by atoms with van der Waals surface area (Å²) in [5, 5.41) is 11.0. The van der Waals surface area contributed by atoms with Crippen molar-refractivity contribution in [3.8, 4) is 11.5 Å². The summed E-state index contributed by atoms with van der Waals surface area (Å²) in [7, 11) is 0. The van der Waals surface area contributed by atoms with Crippen LogP contribution in [0.1, 0.15) is 18.1 Å². The van der Waals surface area contributed by atoms with E-state index in [-0.39, 0.29) is 18.2 Å². The van der Waals surface area contributed by atoms with Crippen molar-refractivity contribution in [2.75, 3.05) is 11.5 Å². The molecule has 0 spiro atoms. The van der Waals surface area contributed by atoms with Crippen molar-refractivity contribution in [2.24, 2.45) is 0 Å². The molecule has 0 bridgehead atoms. The van der Waals surface area contributed by atoms with E-state index in [1.807, 2.05) is 6.92 Å². The third kappa shape index (κ3) is 5.67. The zero-order chi connectivity index (χ0) is 24.9. The van der Waals surface area contributed by atoms with Gasteiger partial charge in [-0.15, -0.1) is 0 Å². The summed E-state index contributed by atoms with van der Waals surface area (Å²) in [6.45, 7) is 2.34. The zero-order valence-electron chi connectivity index (χ0n) is 18.5. The van der Waals surface area contributed by atoms with Crippen molar-refractivity contribution in [1.29, 1.82) is 0 Å². The number of amides is 1. The smallest absolute Gasteiger partial charge is 0.270 e. The SMILES string of the molecule is CCOc1cc(/C=C2/SC(=S)N(c3cccc(F)c3)C2=O)ccc1OCc1cccc([N+](=O)[O-])c1. The predicted octanol–water partition coefficient (Wildman–Crippen LogP) is 6.12. The fourth-order valence-electron chi connectivity index (χ4n) is 3.38. The van der Waals surface area contributed by atoms with Crippen molar-refractivity contribution in [3.63, 3.8) is 0 Å². The standard InChI is InChI=1S/C25H19FN2O5S2/c1-2-32-22-12-16(9-10-21(22)33-15-17-5-3-8-20(11-17)28(30)31)13-23-24(29)27(25(34)35-23)19-7-4-6-18(26)14-19/h3-14H,2,15H2,1H3/b23-13+. The Morgan fingerprint density at radius 1 is 1.09 bits per heavy atom. The van der Waals surface area contributed by atoms with Crippen molar-refractivity contribution in [2.45, 2.75) is 13.5 Å². The highest BCUT2D eigenvalue weighted by Gasteiger charge is 2.33. The molecule has 178 valence electrons. The van der Waals surface area contributed by atoms with E-state index in [9.17, 15) is 19.3 Å². The van der Waals surface area contributed by atoms with E-state index in [0.717, 1.165) is 11.8 Å². The van der Waals surface area contributed by atoms with E-state index in [1.165, 1.54) is 35.2 Å². The summed E-state index contributed by atoms with van der Waals surface area (Å²) in [6, 6.07) is 17.1. The Labute approximate surface area is 210 Å².